The molecule has 1 aromatic heterocycles. The number of piperidine rings is 1. The van der Waals surface area contributed by atoms with Gasteiger partial charge in [0.2, 0.25) is 11.8 Å². The van der Waals surface area contributed by atoms with Crippen LogP contribution in [-0.2, 0) is 16.1 Å². The Hall–Kier alpha value is -1.43. The van der Waals surface area contributed by atoms with Gasteiger partial charge in [-0.1, -0.05) is 12.8 Å². The number of thiazole rings is 1. The third-order valence-electron chi connectivity index (χ3n) is 5.09. The van der Waals surface area contributed by atoms with Crippen molar-refractivity contribution < 1.29 is 9.59 Å². The average molecular weight is 335 g/mol. The maximum Gasteiger partial charge on any atom is 0.225 e. The van der Waals surface area contributed by atoms with E-state index in [2.05, 4.69) is 4.98 Å². The third kappa shape index (κ3) is 3.91. The van der Waals surface area contributed by atoms with Crippen LogP contribution in [0, 0.1) is 11.8 Å². The normalized spacial score (nSPS) is 20.0. The number of likely N-dealkylation sites (tertiary alicyclic amines) is 1. The Kier molecular flexibility index (Phi) is 5.30. The number of nitrogens with zero attached hydrogens (tertiary/aromatic N) is 3. The predicted octanol–water partition coefficient (Wildman–Crippen LogP) is 2.53. The van der Waals surface area contributed by atoms with E-state index >= 15 is 0 Å². The largest absolute Gasteiger partial charge is 0.342 e. The molecule has 2 fully saturated rings. The zero-order valence-electron chi connectivity index (χ0n) is 13.7. The van der Waals surface area contributed by atoms with E-state index in [0.717, 1.165) is 43.8 Å². The van der Waals surface area contributed by atoms with Gasteiger partial charge >= 0.3 is 0 Å². The molecule has 2 amide bonds. The van der Waals surface area contributed by atoms with Gasteiger partial charge in [-0.2, -0.15) is 0 Å². The summed E-state index contributed by atoms with van der Waals surface area (Å²) in [6.45, 7) is 2.05. The average Bonchev–Trinajstić information content (AvgIpc) is 3.27. The minimum Gasteiger partial charge on any atom is -0.342 e. The lowest BCUT2D eigenvalue weighted by Crippen LogP contribution is -2.45. The Bertz CT molecular complexity index is 532. The molecule has 0 atom stereocenters. The number of hydrogen-bond donors (Lipinski definition) is 0. The lowest BCUT2D eigenvalue weighted by Gasteiger charge is -2.34. The summed E-state index contributed by atoms with van der Waals surface area (Å²) >= 11 is 1.58. The number of carbonyl (C=O) groups is 2. The highest BCUT2D eigenvalue weighted by atomic mass is 32.1. The van der Waals surface area contributed by atoms with Gasteiger partial charge in [-0.05, 0) is 25.7 Å². The van der Waals surface area contributed by atoms with Gasteiger partial charge < -0.3 is 9.80 Å². The molecule has 1 saturated carbocycles. The molecule has 0 radical (unpaired) electrons. The van der Waals surface area contributed by atoms with Crippen LogP contribution >= 0.6 is 11.3 Å². The van der Waals surface area contributed by atoms with Crippen LogP contribution in [0.5, 0.6) is 0 Å². The van der Waals surface area contributed by atoms with Crippen LogP contribution in [0.15, 0.2) is 11.6 Å². The first kappa shape index (κ1) is 16.4. The number of carbonyl (C=O) groups excluding carboxylic acids is 2. The molecule has 0 aromatic carbocycles. The van der Waals surface area contributed by atoms with Crippen molar-refractivity contribution >= 4 is 23.2 Å². The van der Waals surface area contributed by atoms with Gasteiger partial charge in [0.25, 0.3) is 0 Å². The van der Waals surface area contributed by atoms with E-state index in [1.54, 1.807) is 22.4 Å². The standard InChI is InChI=1S/C17H25N3O2S/c1-19(12-15-18-8-11-23-15)16(21)14-6-9-20(10-7-14)17(22)13-4-2-3-5-13/h8,11,13-14H,2-7,9-10,12H2,1H3. The zero-order chi connectivity index (χ0) is 16.2. The molecule has 6 heteroatoms. The van der Waals surface area contributed by atoms with Crippen molar-refractivity contribution in [3.8, 4) is 0 Å². The topological polar surface area (TPSA) is 53.5 Å². The smallest absolute Gasteiger partial charge is 0.225 e. The van der Waals surface area contributed by atoms with Gasteiger partial charge in [0.15, 0.2) is 0 Å². The number of amides is 2. The number of rotatable bonds is 4. The summed E-state index contributed by atoms with van der Waals surface area (Å²) in [5, 5.41) is 2.90. The first-order valence-electron chi connectivity index (χ1n) is 8.57. The molecule has 0 unspecified atom stereocenters. The van der Waals surface area contributed by atoms with Crippen LogP contribution < -0.4 is 0 Å². The maximum absolute atomic E-state index is 12.6. The molecule has 0 bridgehead atoms. The second kappa shape index (κ2) is 7.43. The fraction of sp³-hybridized carbons (Fsp3) is 0.706. The van der Waals surface area contributed by atoms with Gasteiger partial charge in [-0.3, -0.25) is 9.59 Å². The number of aromatic nitrogens is 1. The Labute approximate surface area is 141 Å². The Morgan fingerprint density at radius 3 is 2.52 bits per heavy atom. The highest BCUT2D eigenvalue weighted by molar-refractivity contribution is 7.09. The van der Waals surface area contributed by atoms with Crippen molar-refractivity contribution in [2.24, 2.45) is 11.8 Å². The van der Waals surface area contributed by atoms with Gasteiger partial charge in [0.05, 0.1) is 6.54 Å². The van der Waals surface area contributed by atoms with E-state index in [-0.39, 0.29) is 17.7 Å². The summed E-state index contributed by atoms with van der Waals surface area (Å²) in [7, 11) is 1.85. The highest BCUT2D eigenvalue weighted by Crippen LogP contribution is 2.29. The van der Waals surface area contributed by atoms with Gasteiger partial charge in [0.1, 0.15) is 5.01 Å². The minimum atomic E-state index is 0.0487. The third-order valence-corrected chi connectivity index (χ3v) is 5.86. The summed E-state index contributed by atoms with van der Waals surface area (Å²) in [6, 6.07) is 0. The van der Waals surface area contributed by atoms with Crippen molar-refractivity contribution in [2.75, 3.05) is 20.1 Å². The van der Waals surface area contributed by atoms with Crippen molar-refractivity contribution in [1.82, 2.24) is 14.8 Å². The molecular formula is C17H25N3O2S. The van der Waals surface area contributed by atoms with Crippen LogP contribution in [0.1, 0.15) is 43.5 Å². The SMILES string of the molecule is CN(Cc1nccs1)C(=O)C1CCN(C(=O)C2CCCC2)CC1. The fourth-order valence-corrected chi connectivity index (χ4v) is 4.37. The summed E-state index contributed by atoms with van der Waals surface area (Å²) in [4.78, 5) is 33.0. The van der Waals surface area contributed by atoms with Gasteiger partial charge in [0, 0.05) is 43.5 Å². The second-order valence-corrected chi connectivity index (χ2v) is 7.68. The van der Waals surface area contributed by atoms with Crippen LogP contribution in [0.25, 0.3) is 0 Å². The van der Waals surface area contributed by atoms with E-state index in [9.17, 15) is 9.59 Å². The van der Waals surface area contributed by atoms with Crippen molar-refractivity contribution in [2.45, 2.75) is 45.1 Å². The summed E-state index contributed by atoms with van der Waals surface area (Å²) in [5.41, 5.74) is 0. The molecule has 0 spiro atoms. The van der Waals surface area contributed by atoms with Crippen LogP contribution in [0.3, 0.4) is 0 Å². The van der Waals surface area contributed by atoms with Gasteiger partial charge in [-0.15, -0.1) is 11.3 Å². The minimum absolute atomic E-state index is 0.0487. The zero-order valence-corrected chi connectivity index (χ0v) is 14.6. The Morgan fingerprint density at radius 1 is 1.22 bits per heavy atom. The first-order chi connectivity index (χ1) is 11.1. The Morgan fingerprint density at radius 2 is 1.91 bits per heavy atom. The molecule has 0 N–H and O–H groups in total. The van der Waals surface area contributed by atoms with E-state index in [0.29, 0.717) is 12.5 Å². The summed E-state index contributed by atoms with van der Waals surface area (Å²) < 4.78 is 0. The van der Waals surface area contributed by atoms with Gasteiger partial charge in [-0.25, -0.2) is 4.98 Å². The van der Waals surface area contributed by atoms with Crippen LogP contribution in [0.4, 0.5) is 0 Å². The molecule has 1 aliphatic carbocycles. The van der Waals surface area contributed by atoms with Crippen molar-refractivity contribution in [3.05, 3.63) is 16.6 Å². The highest BCUT2D eigenvalue weighted by Gasteiger charge is 2.32. The molecule has 1 saturated heterocycles. The Balaban J connectivity index is 1.48. The molecule has 1 aromatic rings. The van der Waals surface area contributed by atoms with E-state index < -0.39 is 0 Å². The van der Waals surface area contributed by atoms with E-state index in [1.807, 2.05) is 17.3 Å². The van der Waals surface area contributed by atoms with E-state index in [4.69, 9.17) is 0 Å². The molecule has 5 nitrogen and oxygen atoms in total. The number of hydrogen-bond acceptors (Lipinski definition) is 4. The maximum atomic E-state index is 12.6. The van der Waals surface area contributed by atoms with Crippen LogP contribution in [0.2, 0.25) is 0 Å². The molecular weight excluding hydrogens is 310 g/mol. The summed E-state index contributed by atoms with van der Waals surface area (Å²) in [5.74, 6) is 0.806. The fourth-order valence-electron chi connectivity index (χ4n) is 3.70. The quantitative estimate of drug-likeness (QED) is 0.849. The molecule has 126 valence electrons. The molecule has 1 aliphatic heterocycles. The predicted molar refractivity (Wildman–Crippen MR) is 89.9 cm³/mol. The monoisotopic (exact) mass is 335 g/mol. The van der Waals surface area contributed by atoms with Crippen molar-refractivity contribution in [3.63, 3.8) is 0 Å². The molecule has 3 rings (SSSR count). The first-order valence-corrected chi connectivity index (χ1v) is 9.45. The molecule has 23 heavy (non-hydrogen) atoms. The molecule has 2 heterocycles. The summed E-state index contributed by atoms with van der Waals surface area (Å²) in [6.07, 6.45) is 7.83. The molecule has 2 aliphatic rings. The van der Waals surface area contributed by atoms with Crippen molar-refractivity contribution in [1.29, 1.82) is 0 Å². The van der Waals surface area contributed by atoms with E-state index in [1.165, 1.54) is 12.8 Å². The second-order valence-electron chi connectivity index (χ2n) is 6.70. The van der Waals surface area contributed by atoms with Crippen LogP contribution in [-0.4, -0.2) is 46.7 Å². The lowest BCUT2D eigenvalue weighted by atomic mass is 9.94. The lowest BCUT2D eigenvalue weighted by molar-refractivity contribution is -0.142.